The van der Waals surface area contributed by atoms with Crippen molar-refractivity contribution in [2.45, 2.75) is 5.75 Å². The largest absolute Gasteiger partial charge is 0.272 e. The van der Waals surface area contributed by atoms with Gasteiger partial charge in [0.05, 0.1) is 11.3 Å². The van der Waals surface area contributed by atoms with Crippen LogP contribution in [-0.2, 0) is 10.5 Å². The highest BCUT2D eigenvalue weighted by atomic mass is 35.5. The van der Waals surface area contributed by atoms with Crippen molar-refractivity contribution in [1.82, 2.24) is 15.8 Å². The van der Waals surface area contributed by atoms with E-state index in [0.29, 0.717) is 16.3 Å². The number of hydrazine groups is 1. The summed E-state index contributed by atoms with van der Waals surface area (Å²) < 4.78 is 0. The van der Waals surface area contributed by atoms with Gasteiger partial charge in [0, 0.05) is 23.2 Å². The molecule has 0 fully saturated rings. The second kappa shape index (κ2) is 8.41. The molecule has 1 heterocycles. The number of halogens is 1. The van der Waals surface area contributed by atoms with Crippen molar-refractivity contribution >= 4 is 35.2 Å². The van der Waals surface area contributed by atoms with Crippen molar-refractivity contribution in [2.24, 2.45) is 0 Å². The summed E-state index contributed by atoms with van der Waals surface area (Å²) in [5.41, 5.74) is 6.06. The van der Waals surface area contributed by atoms with Crippen molar-refractivity contribution in [1.29, 1.82) is 0 Å². The number of hydrogen-bond donors (Lipinski definition) is 2. The Morgan fingerprint density at radius 1 is 1.14 bits per heavy atom. The van der Waals surface area contributed by atoms with Crippen LogP contribution in [0.5, 0.6) is 0 Å². The topological polar surface area (TPSA) is 71.1 Å². The number of pyridine rings is 1. The fourth-order valence-electron chi connectivity index (χ4n) is 1.60. The van der Waals surface area contributed by atoms with Gasteiger partial charge in [0.2, 0.25) is 5.91 Å². The first-order valence-electron chi connectivity index (χ1n) is 6.47. The molecule has 0 aliphatic rings. The number of thioether (sulfide) groups is 1. The molecule has 0 aliphatic heterocycles. The number of hydrogen-bond acceptors (Lipinski definition) is 4. The van der Waals surface area contributed by atoms with Crippen molar-refractivity contribution in [3.8, 4) is 0 Å². The molecule has 0 bridgehead atoms. The van der Waals surface area contributed by atoms with Gasteiger partial charge in [0.1, 0.15) is 0 Å². The third-order valence-corrected chi connectivity index (χ3v) is 4.04. The van der Waals surface area contributed by atoms with E-state index in [1.807, 2.05) is 24.3 Å². The first kappa shape index (κ1) is 16.3. The van der Waals surface area contributed by atoms with Crippen LogP contribution in [0, 0.1) is 0 Å². The Hall–Kier alpha value is -2.05. The summed E-state index contributed by atoms with van der Waals surface area (Å²) in [6.07, 6.45) is 2.99. The Labute approximate surface area is 137 Å². The van der Waals surface area contributed by atoms with E-state index in [0.717, 1.165) is 5.56 Å². The zero-order valence-electron chi connectivity index (χ0n) is 11.6. The molecule has 2 N–H and O–H groups in total. The molecule has 1 aromatic heterocycles. The molecule has 0 saturated carbocycles. The van der Waals surface area contributed by atoms with Crippen LogP contribution in [0.3, 0.4) is 0 Å². The lowest BCUT2D eigenvalue weighted by atomic mass is 10.2. The third kappa shape index (κ3) is 5.05. The Kier molecular flexibility index (Phi) is 6.24. The normalized spacial score (nSPS) is 10.0. The van der Waals surface area contributed by atoms with Gasteiger partial charge in [-0.2, -0.15) is 0 Å². The third-order valence-electron chi connectivity index (χ3n) is 2.69. The first-order valence-corrected chi connectivity index (χ1v) is 8.00. The lowest BCUT2D eigenvalue weighted by Crippen LogP contribution is -2.42. The van der Waals surface area contributed by atoms with Gasteiger partial charge in [-0.1, -0.05) is 29.8 Å². The fraction of sp³-hybridized carbons (Fsp3) is 0.133. The second-order valence-corrected chi connectivity index (χ2v) is 5.72. The van der Waals surface area contributed by atoms with E-state index in [1.54, 1.807) is 18.3 Å². The lowest BCUT2D eigenvalue weighted by molar-refractivity contribution is -0.119. The lowest BCUT2D eigenvalue weighted by Gasteiger charge is -2.07. The van der Waals surface area contributed by atoms with Gasteiger partial charge in [-0.25, -0.2) is 0 Å². The standard InChI is InChI=1S/C15H14ClN3O2S/c16-13-6-2-1-4-12(13)9-22-10-14(20)18-19-15(21)11-5-3-7-17-8-11/h1-8H,9-10H2,(H,18,20)(H,19,21). The number of amides is 2. The zero-order valence-corrected chi connectivity index (χ0v) is 13.2. The highest BCUT2D eigenvalue weighted by Gasteiger charge is 2.07. The summed E-state index contributed by atoms with van der Waals surface area (Å²) in [4.78, 5) is 27.2. The van der Waals surface area contributed by atoms with Crippen LogP contribution in [0.4, 0.5) is 0 Å². The molecule has 0 unspecified atom stereocenters. The highest BCUT2D eigenvalue weighted by Crippen LogP contribution is 2.20. The summed E-state index contributed by atoms with van der Waals surface area (Å²) in [6, 6.07) is 10.7. The monoisotopic (exact) mass is 335 g/mol. The predicted molar refractivity (Wildman–Crippen MR) is 87.5 cm³/mol. The Morgan fingerprint density at radius 2 is 1.95 bits per heavy atom. The van der Waals surface area contributed by atoms with Gasteiger partial charge < -0.3 is 0 Å². The molecule has 7 heteroatoms. The smallest absolute Gasteiger partial charge is 0.271 e. The van der Waals surface area contributed by atoms with Crippen molar-refractivity contribution in [3.63, 3.8) is 0 Å². The maximum atomic E-state index is 11.7. The maximum Gasteiger partial charge on any atom is 0.271 e. The van der Waals surface area contributed by atoms with Gasteiger partial charge in [0.15, 0.2) is 0 Å². The van der Waals surface area contributed by atoms with Crippen LogP contribution in [0.15, 0.2) is 48.8 Å². The van der Waals surface area contributed by atoms with E-state index in [9.17, 15) is 9.59 Å². The summed E-state index contributed by atoms with van der Waals surface area (Å²) >= 11 is 7.45. The van der Waals surface area contributed by atoms with E-state index >= 15 is 0 Å². The molecule has 0 aliphatic carbocycles. The van der Waals surface area contributed by atoms with E-state index < -0.39 is 5.91 Å². The molecule has 0 spiro atoms. The quantitative estimate of drug-likeness (QED) is 0.823. The molecule has 2 rings (SSSR count). The maximum absolute atomic E-state index is 11.7. The number of carbonyl (C=O) groups is 2. The SMILES string of the molecule is O=C(CSCc1ccccc1Cl)NNC(=O)c1cccnc1. The highest BCUT2D eigenvalue weighted by molar-refractivity contribution is 7.99. The number of rotatable bonds is 5. The molecular weight excluding hydrogens is 322 g/mol. The molecule has 0 radical (unpaired) electrons. The molecule has 0 saturated heterocycles. The summed E-state index contributed by atoms with van der Waals surface area (Å²) in [5.74, 6) is 0.161. The molecule has 2 amide bonds. The average Bonchev–Trinajstić information content (AvgIpc) is 2.55. The van der Waals surface area contributed by atoms with E-state index in [1.165, 1.54) is 18.0 Å². The minimum absolute atomic E-state index is 0.221. The van der Waals surface area contributed by atoms with Gasteiger partial charge >= 0.3 is 0 Å². The van der Waals surface area contributed by atoms with Crippen molar-refractivity contribution in [3.05, 3.63) is 64.9 Å². The minimum Gasteiger partial charge on any atom is -0.272 e. The van der Waals surface area contributed by atoms with E-state index in [-0.39, 0.29) is 11.7 Å². The number of aromatic nitrogens is 1. The van der Waals surface area contributed by atoms with Crippen LogP contribution < -0.4 is 10.9 Å². The Balaban J connectivity index is 1.70. The molecule has 2 aromatic rings. The summed E-state index contributed by atoms with van der Waals surface area (Å²) in [7, 11) is 0. The number of benzene rings is 1. The summed E-state index contributed by atoms with van der Waals surface area (Å²) in [6.45, 7) is 0. The average molecular weight is 336 g/mol. The fourth-order valence-corrected chi connectivity index (χ4v) is 2.71. The Morgan fingerprint density at radius 3 is 2.68 bits per heavy atom. The van der Waals surface area contributed by atoms with Crippen molar-refractivity contribution in [2.75, 3.05) is 5.75 Å². The Bertz CT molecular complexity index is 652. The first-order chi connectivity index (χ1) is 10.7. The van der Waals surface area contributed by atoms with Crippen LogP contribution in [0.2, 0.25) is 5.02 Å². The van der Waals surface area contributed by atoms with E-state index in [4.69, 9.17) is 11.6 Å². The van der Waals surface area contributed by atoms with Crippen LogP contribution in [-0.4, -0.2) is 22.6 Å². The van der Waals surface area contributed by atoms with Crippen LogP contribution >= 0.6 is 23.4 Å². The molecule has 22 heavy (non-hydrogen) atoms. The molecule has 114 valence electrons. The van der Waals surface area contributed by atoms with Gasteiger partial charge in [0.25, 0.3) is 5.91 Å². The predicted octanol–water partition coefficient (Wildman–Crippen LogP) is 2.43. The summed E-state index contributed by atoms with van der Waals surface area (Å²) in [5, 5.41) is 0.681. The number of nitrogens with one attached hydrogen (secondary N) is 2. The van der Waals surface area contributed by atoms with E-state index in [2.05, 4.69) is 15.8 Å². The molecule has 1 aromatic carbocycles. The molecule has 0 atom stereocenters. The molecular formula is C15H14ClN3O2S. The van der Waals surface area contributed by atoms with Gasteiger partial charge in [-0.3, -0.25) is 25.4 Å². The zero-order chi connectivity index (χ0) is 15.8. The number of carbonyl (C=O) groups excluding carboxylic acids is 2. The van der Waals surface area contributed by atoms with Crippen molar-refractivity contribution < 1.29 is 9.59 Å². The van der Waals surface area contributed by atoms with Crippen LogP contribution in [0.25, 0.3) is 0 Å². The molecule has 5 nitrogen and oxygen atoms in total. The number of nitrogens with zero attached hydrogens (tertiary/aromatic N) is 1. The van der Waals surface area contributed by atoms with Gasteiger partial charge in [-0.05, 0) is 23.8 Å². The van der Waals surface area contributed by atoms with Crippen LogP contribution in [0.1, 0.15) is 15.9 Å². The van der Waals surface area contributed by atoms with Gasteiger partial charge in [-0.15, -0.1) is 11.8 Å². The minimum atomic E-state index is -0.405. The second-order valence-electron chi connectivity index (χ2n) is 4.33.